The summed E-state index contributed by atoms with van der Waals surface area (Å²) in [5.41, 5.74) is 8.37. The lowest BCUT2D eigenvalue weighted by molar-refractivity contribution is -0.384. The Kier molecular flexibility index (Phi) is 3.12. The minimum atomic E-state index is -0.473. The number of nitrogens with zero attached hydrogens (tertiary/aromatic N) is 2. The van der Waals surface area contributed by atoms with Gasteiger partial charge >= 0.3 is 0 Å². The van der Waals surface area contributed by atoms with Gasteiger partial charge in [0.1, 0.15) is 0 Å². The second kappa shape index (κ2) is 5.09. The molecule has 3 N–H and O–H groups in total. The Morgan fingerprint density at radius 1 is 1.10 bits per heavy atom. The van der Waals surface area contributed by atoms with Crippen LogP contribution < -0.4 is 11.1 Å². The second-order valence-electron chi connectivity index (χ2n) is 4.53. The highest BCUT2D eigenvalue weighted by molar-refractivity contribution is 5.93. The number of non-ortho nitro benzene ring substituents is 1. The van der Waals surface area contributed by atoms with Crippen molar-refractivity contribution in [2.75, 3.05) is 11.1 Å². The van der Waals surface area contributed by atoms with Crippen molar-refractivity contribution >= 4 is 33.7 Å². The van der Waals surface area contributed by atoms with Gasteiger partial charge in [-0.1, -0.05) is 18.2 Å². The molecule has 104 valence electrons. The average molecular weight is 280 g/mol. The van der Waals surface area contributed by atoms with Crippen LogP contribution in [0.25, 0.3) is 10.9 Å². The molecule has 1 aromatic heterocycles. The van der Waals surface area contributed by atoms with Crippen molar-refractivity contribution in [3.8, 4) is 0 Å². The maximum atomic E-state index is 10.7. The molecule has 0 unspecified atom stereocenters. The monoisotopic (exact) mass is 280 g/mol. The number of nitro benzene ring substituents is 1. The number of fused-ring (bicyclic) bond motifs is 1. The molecule has 1 heterocycles. The van der Waals surface area contributed by atoms with Crippen LogP contribution in [-0.2, 0) is 0 Å². The van der Waals surface area contributed by atoms with Gasteiger partial charge < -0.3 is 11.1 Å². The van der Waals surface area contributed by atoms with E-state index in [1.165, 1.54) is 12.1 Å². The van der Waals surface area contributed by atoms with Gasteiger partial charge in [-0.3, -0.25) is 15.1 Å². The van der Waals surface area contributed by atoms with Gasteiger partial charge in [0.2, 0.25) is 0 Å². The molecule has 3 rings (SSSR count). The van der Waals surface area contributed by atoms with Crippen LogP contribution in [0.2, 0.25) is 0 Å². The number of hydrogen-bond acceptors (Lipinski definition) is 5. The maximum Gasteiger partial charge on any atom is 0.271 e. The van der Waals surface area contributed by atoms with E-state index in [0.29, 0.717) is 11.4 Å². The summed E-state index contributed by atoms with van der Waals surface area (Å²) in [6.07, 6.45) is 1.71. The van der Waals surface area contributed by atoms with Gasteiger partial charge in [-0.05, 0) is 18.2 Å². The summed E-state index contributed by atoms with van der Waals surface area (Å²) in [4.78, 5) is 14.6. The smallest absolute Gasteiger partial charge is 0.271 e. The summed E-state index contributed by atoms with van der Waals surface area (Å²) in [5, 5.41) is 14.9. The SMILES string of the molecule is Nc1cc([N+](=O)[O-])ccc1Nc1cccc2cccnc12. The van der Waals surface area contributed by atoms with Gasteiger partial charge in [0.05, 0.1) is 27.5 Å². The number of aromatic nitrogens is 1. The molecule has 0 aliphatic heterocycles. The number of nitrogens with two attached hydrogens (primary N) is 1. The first kappa shape index (κ1) is 12.9. The van der Waals surface area contributed by atoms with Crippen LogP contribution in [0.4, 0.5) is 22.7 Å². The van der Waals surface area contributed by atoms with E-state index < -0.39 is 4.92 Å². The van der Waals surface area contributed by atoms with E-state index in [0.717, 1.165) is 16.6 Å². The first-order valence-electron chi connectivity index (χ1n) is 6.30. The molecule has 0 radical (unpaired) electrons. The molecule has 21 heavy (non-hydrogen) atoms. The van der Waals surface area contributed by atoms with Gasteiger partial charge in [0.15, 0.2) is 0 Å². The molecule has 6 nitrogen and oxygen atoms in total. The Labute approximate surface area is 120 Å². The molecule has 0 spiro atoms. The normalized spacial score (nSPS) is 10.5. The first-order chi connectivity index (χ1) is 10.1. The number of hydrogen-bond donors (Lipinski definition) is 2. The summed E-state index contributed by atoms with van der Waals surface area (Å²) >= 11 is 0. The quantitative estimate of drug-likeness (QED) is 0.435. The first-order valence-corrected chi connectivity index (χ1v) is 6.30. The average Bonchev–Trinajstić information content (AvgIpc) is 2.49. The fraction of sp³-hybridized carbons (Fsp3) is 0. The molecule has 0 bridgehead atoms. The zero-order chi connectivity index (χ0) is 14.8. The Bertz CT molecular complexity index is 828. The number of pyridine rings is 1. The van der Waals surface area contributed by atoms with E-state index in [4.69, 9.17) is 5.73 Å². The van der Waals surface area contributed by atoms with Gasteiger partial charge in [0, 0.05) is 23.7 Å². The van der Waals surface area contributed by atoms with E-state index in [9.17, 15) is 10.1 Å². The van der Waals surface area contributed by atoms with Crippen molar-refractivity contribution in [3.05, 3.63) is 64.8 Å². The predicted molar refractivity (Wildman–Crippen MR) is 82.5 cm³/mol. The molecule has 0 saturated carbocycles. The number of nitrogen functional groups attached to an aromatic ring is 1. The summed E-state index contributed by atoms with van der Waals surface area (Å²) in [7, 11) is 0. The van der Waals surface area contributed by atoms with E-state index in [1.807, 2.05) is 30.3 Å². The molecular weight excluding hydrogens is 268 g/mol. The number of benzene rings is 2. The minimum absolute atomic E-state index is 0.0332. The van der Waals surface area contributed by atoms with Crippen LogP contribution in [0.15, 0.2) is 54.7 Å². The molecular formula is C15H12N4O2. The van der Waals surface area contributed by atoms with Crippen molar-refractivity contribution < 1.29 is 4.92 Å². The van der Waals surface area contributed by atoms with Crippen molar-refractivity contribution in [1.82, 2.24) is 4.98 Å². The van der Waals surface area contributed by atoms with Gasteiger partial charge in [-0.25, -0.2) is 0 Å². The van der Waals surface area contributed by atoms with Crippen LogP contribution in [0.1, 0.15) is 0 Å². The molecule has 0 saturated heterocycles. The molecule has 0 amide bonds. The lowest BCUT2D eigenvalue weighted by atomic mass is 10.1. The molecule has 0 aliphatic rings. The van der Waals surface area contributed by atoms with E-state index >= 15 is 0 Å². The third-order valence-electron chi connectivity index (χ3n) is 3.15. The number of para-hydroxylation sites is 1. The summed E-state index contributed by atoms with van der Waals surface area (Å²) < 4.78 is 0. The minimum Gasteiger partial charge on any atom is -0.397 e. The van der Waals surface area contributed by atoms with Crippen LogP contribution in [-0.4, -0.2) is 9.91 Å². The largest absolute Gasteiger partial charge is 0.397 e. The number of rotatable bonds is 3. The van der Waals surface area contributed by atoms with E-state index in [2.05, 4.69) is 10.3 Å². The van der Waals surface area contributed by atoms with E-state index in [-0.39, 0.29) is 5.69 Å². The maximum absolute atomic E-state index is 10.7. The summed E-state index contributed by atoms with van der Waals surface area (Å²) in [6, 6.07) is 13.9. The Morgan fingerprint density at radius 2 is 1.90 bits per heavy atom. The zero-order valence-electron chi connectivity index (χ0n) is 11.0. The second-order valence-corrected chi connectivity index (χ2v) is 4.53. The number of anilines is 3. The summed E-state index contributed by atoms with van der Waals surface area (Å²) in [6.45, 7) is 0. The van der Waals surface area contributed by atoms with Gasteiger partial charge in [0.25, 0.3) is 5.69 Å². The highest BCUT2D eigenvalue weighted by Gasteiger charge is 2.10. The zero-order valence-corrected chi connectivity index (χ0v) is 11.0. The fourth-order valence-electron chi connectivity index (χ4n) is 2.13. The molecule has 2 aromatic carbocycles. The fourth-order valence-corrected chi connectivity index (χ4v) is 2.13. The van der Waals surface area contributed by atoms with Crippen molar-refractivity contribution in [3.63, 3.8) is 0 Å². The highest BCUT2D eigenvalue weighted by atomic mass is 16.6. The molecule has 0 aliphatic carbocycles. The number of nitrogens with one attached hydrogen (secondary N) is 1. The lowest BCUT2D eigenvalue weighted by Crippen LogP contribution is -1.99. The van der Waals surface area contributed by atoms with Gasteiger partial charge in [-0.2, -0.15) is 0 Å². The molecule has 0 atom stereocenters. The van der Waals surface area contributed by atoms with Crippen LogP contribution in [0.5, 0.6) is 0 Å². The lowest BCUT2D eigenvalue weighted by Gasteiger charge is -2.11. The highest BCUT2D eigenvalue weighted by Crippen LogP contribution is 2.29. The molecule has 0 fully saturated rings. The van der Waals surface area contributed by atoms with Crippen LogP contribution in [0, 0.1) is 10.1 Å². The van der Waals surface area contributed by atoms with Crippen LogP contribution in [0.3, 0.4) is 0 Å². The third-order valence-corrected chi connectivity index (χ3v) is 3.15. The predicted octanol–water partition coefficient (Wildman–Crippen LogP) is 3.47. The Morgan fingerprint density at radius 3 is 2.67 bits per heavy atom. The Balaban J connectivity index is 2.01. The van der Waals surface area contributed by atoms with E-state index in [1.54, 1.807) is 12.3 Å². The van der Waals surface area contributed by atoms with Crippen LogP contribution >= 0.6 is 0 Å². The standard InChI is InChI=1S/C15H12N4O2/c16-12-9-11(19(20)21)6-7-13(12)18-14-5-1-3-10-4-2-8-17-15(10)14/h1-9,18H,16H2. The third kappa shape index (κ3) is 2.46. The van der Waals surface area contributed by atoms with Gasteiger partial charge in [-0.15, -0.1) is 0 Å². The molecule has 6 heteroatoms. The Hall–Kier alpha value is -3.15. The topological polar surface area (TPSA) is 94.1 Å². The van der Waals surface area contributed by atoms with Crippen molar-refractivity contribution in [2.45, 2.75) is 0 Å². The summed E-state index contributed by atoms with van der Waals surface area (Å²) in [5.74, 6) is 0. The van der Waals surface area contributed by atoms with Crippen molar-refractivity contribution in [1.29, 1.82) is 0 Å². The van der Waals surface area contributed by atoms with Crippen molar-refractivity contribution in [2.24, 2.45) is 0 Å². The molecule has 3 aromatic rings. The number of nitro groups is 1.